The lowest BCUT2D eigenvalue weighted by molar-refractivity contribution is -0.146. The molecule has 0 saturated heterocycles. The molecule has 106 valence electrons. The first kappa shape index (κ1) is 15.7. The topological polar surface area (TPSA) is 55.8 Å². The van der Waals surface area contributed by atoms with E-state index in [1.54, 1.807) is 39.8 Å². The molecule has 0 heterocycles. The van der Waals surface area contributed by atoms with Crippen molar-refractivity contribution in [3.8, 4) is 11.5 Å². The van der Waals surface area contributed by atoms with E-state index in [1.807, 2.05) is 18.4 Å². The summed E-state index contributed by atoms with van der Waals surface area (Å²) in [6, 6.07) is 3.73. The highest BCUT2D eigenvalue weighted by Gasteiger charge is 2.29. The summed E-state index contributed by atoms with van der Waals surface area (Å²) in [4.78, 5) is 12.2. The van der Waals surface area contributed by atoms with Crippen LogP contribution in [-0.2, 0) is 11.2 Å². The van der Waals surface area contributed by atoms with E-state index in [-0.39, 0.29) is 0 Å². The van der Waals surface area contributed by atoms with Crippen LogP contribution in [0.15, 0.2) is 17.0 Å². The van der Waals surface area contributed by atoms with Crippen molar-refractivity contribution in [2.75, 3.05) is 20.5 Å². The van der Waals surface area contributed by atoms with E-state index < -0.39 is 11.4 Å². The minimum Gasteiger partial charge on any atom is -0.497 e. The summed E-state index contributed by atoms with van der Waals surface area (Å²) in [6.45, 7) is 3.40. The zero-order valence-electron chi connectivity index (χ0n) is 11.9. The van der Waals surface area contributed by atoms with Gasteiger partial charge in [-0.15, -0.1) is 11.8 Å². The predicted molar refractivity (Wildman–Crippen MR) is 76.4 cm³/mol. The third-order valence-corrected chi connectivity index (χ3v) is 3.72. The lowest BCUT2D eigenvalue weighted by Crippen LogP contribution is -2.26. The first-order chi connectivity index (χ1) is 8.85. The number of rotatable bonds is 6. The Morgan fingerprint density at radius 3 is 2.37 bits per heavy atom. The fourth-order valence-electron chi connectivity index (χ4n) is 1.82. The SMILES string of the molecule is COc1cc(CC(C)(C)C(=O)O)c(OC)c(SC)c1. The van der Waals surface area contributed by atoms with Crippen LogP contribution in [0.4, 0.5) is 0 Å². The van der Waals surface area contributed by atoms with Gasteiger partial charge in [0.1, 0.15) is 11.5 Å². The minimum atomic E-state index is -0.852. The summed E-state index contributed by atoms with van der Waals surface area (Å²) in [7, 11) is 3.19. The summed E-state index contributed by atoms with van der Waals surface area (Å²) in [6.07, 6.45) is 2.33. The average Bonchev–Trinajstić information content (AvgIpc) is 2.36. The molecule has 19 heavy (non-hydrogen) atoms. The van der Waals surface area contributed by atoms with Gasteiger partial charge in [-0.05, 0) is 38.7 Å². The van der Waals surface area contributed by atoms with Gasteiger partial charge < -0.3 is 14.6 Å². The molecule has 0 aliphatic rings. The molecule has 1 rings (SSSR count). The van der Waals surface area contributed by atoms with E-state index in [1.165, 1.54) is 0 Å². The largest absolute Gasteiger partial charge is 0.497 e. The second kappa shape index (κ2) is 6.19. The molecule has 0 saturated carbocycles. The van der Waals surface area contributed by atoms with Crippen LogP contribution in [0.3, 0.4) is 0 Å². The molecule has 0 aromatic heterocycles. The highest BCUT2D eigenvalue weighted by molar-refractivity contribution is 7.98. The van der Waals surface area contributed by atoms with Gasteiger partial charge in [0.2, 0.25) is 0 Å². The van der Waals surface area contributed by atoms with Gasteiger partial charge in [-0.1, -0.05) is 0 Å². The first-order valence-corrected chi connectivity index (χ1v) is 7.10. The second-order valence-corrected chi connectivity index (χ2v) is 5.74. The fourth-order valence-corrected chi connectivity index (χ4v) is 2.45. The molecule has 0 bridgehead atoms. The maximum absolute atomic E-state index is 11.3. The van der Waals surface area contributed by atoms with Gasteiger partial charge in [0.05, 0.1) is 24.5 Å². The number of benzene rings is 1. The van der Waals surface area contributed by atoms with Crippen LogP contribution in [0.25, 0.3) is 0 Å². The Bertz CT molecular complexity index is 469. The summed E-state index contributed by atoms with van der Waals surface area (Å²) in [5.41, 5.74) is -0.00594. The molecule has 4 nitrogen and oxygen atoms in total. The number of carboxylic acid groups (broad SMARTS) is 1. The van der Waals surface area contributed by atoms with Crippen LogP contribution < -0.4 is 9.47 Å². The quantitative estimate of drug-likeness (QED) is 0.814. The second-order valence-electron chi connectivity index (χ2n) is 4.89. The minimum absolute atomic E-state index is 0.385. The predicted octanol–water partition coefficient (Wildman–Crippen LogP) is 3.08. The van der Waals surface area contributed by atoms with Crippen LogP contribution in [0.5, 0.6) is 11.5 Å². The Morgan fingerprint density at radius 1 is 1.32 bits per heavy atom. The van der Waals surface area contributed by atoms with Gasteiger partial charge in [-0.2, -0.15) is 0 Å². The Morgan fingerprint density at radius 2 is 1.95 bits per heavy atom. The van der Waals surface area contributed by atoms with Crippen molar-refractivity contribution in [2.24, 2.45) is 5.41 Å². The van der Waals surface area contributed by atoms with Gasteiger partial charge in [0.15, 0.2) is 0 Å². The van der Waals surface area contributed by atoms with E-state index in [0.717, 1.165) is 16.2 Å². The van der Waals surface area contributed by atoms with Crippen molar-refractivity contribution in [1.82, 2.24) is 0 Å². The number of hydrogen-bond donors (Lipinski definition) is 1. The van der Waals surface area contributed by atoms with Crippen molar-refractivity contribution in [3.05, 3.63) is 17.7 Å². The van der Waals surface area contributed by atoms with Crippen molar-refractivity contribution in [1.29, 1.82) is 0 Å². The number of ether oxygens (including phenoxy) is 2. The smallest absolute Gasteiger partial charge is 0.309 e. The molecule has 0 amide bonds. The summed E-state index contributed by atoms with van der Waals surface area (Å²) < 4.78 is 10.7. The Kier molecular flexibility index (Phi) is 5.11. The Labute approximate surface area is 118 Å². The lowest BCUT2D eigenvalue weighted by atomic mass is 9.85. The van der Waals surface area contributed by atoms with Crippen LogP contribution in [-0.4, -0.2) is 31.6 Å². The van der Waals surface area contributed by atoms with Crippen molar-refractivity contribution < 1.29 is 19.4 Å². The maximum atomic E-state index is 11.3. The highest BCUT2D eigenvalue weighted by Crippen LogP contribution is 2.38. The third-order valence-electron chi connectivity index (χ3n) is 2.98. The van der Waals surface area contributed by atoms with Gasteiger partial charge in [0, 0.05) is 5.56 Å². The number of aliphatic carboxylic acids is 1. The molecule has 1 N–H and O–H groups in total. The third kappa shape index (κ3) is 3.56. The van der Waals surface area contributed by atoms with Crippen molar-refractivity contribution in [2.45, 2.75) is 25.2 Å². The zero-order valence-corrected chi connectivity index (χ0v) is 12.8. The van der Waals surface area contributed by atoms with Gasteiger partial charge in [-0.3, -0.25) is 4.79 Å². The first-order valence-electron chi connectivity index (χ1n) is 5.88. The van der Waals surface area contributed by atoms with Gasteiger partial charge in [0.25, 0.3) is 0 Å². The standard InChI is InChI=1S/C14H20O4S/c1-14(2,13(15)16)8-9-6-10(17-3)7-11(19-5)12(9)18-4/h6-7H,8H2,1-5H3,(H,15,16). The normalized spacial score (nSPS) is 11.2. The van der Waals surface area contributed by atoms with Crippen molar-refractivity contribution in [3.63, 3.8) is 0 Å². The number of carboxylic acids is 1. The van der Waals surface area contributed by atoms with Crippen LogP contribution in [0.1, 0.15) is 19.4 Å². The Hall–Kier alpha value is -1.36. The van der Waals surface area contributed by atoms with Crippen LogP contribution in [0.2, 0.25) is 0 Å². The molecule has 1 aromatic rings. The van der Waals surface area contributed by atoms with E-state index in [9.17, 15) is 9.90 Å². The van der Waals surface area contributed by atoms with E-state index in [4.69, 9.17) is 9.47 Å². The molecular formula is C14H20O4S. The van der Waals surface area contributed by atoms with E-state index >= 15 is 0 Å². The number of methoxy groups -OCH3 is 2. The van der Waals surface area contributed by atoms with Crippen LogP contribution >= 0.6 is 11.8 Å². The summed E-state index contributed by atoms with van der Waals surface area (Å²) in [5, 5.41) is 9.24. The van der Waals surface area contributed by atoms with E-state index in [0.29, 0.717) is 12.2 Å². The Balaban J connectivity index is 3.28. The number of carbonyl (C=O) groups is 1. The molecular weight excluding hydrogens is 264 g/mol. The summed E-state index contributed by atoms with van der Waals surface area (Å²) >= 11 is 1.55. The molecule has 1 aromatic carbocycles. The fraction of sp³-hybridized carbons (Fsp3) is 0.500. The zero-order chi connectivity index (χ0) is 14.6. The van der Waals surface area contributed by atoms with Crippen molar-refractivity contribution >= 4 is 17.7 Å². The highest BCUT2D eigenvalue weighted by atomic mass is 32.2. The summed E-state index contributed by atoms with van der Waals surface area (Å²) in [5.74, 6) is 0.604. The average molecular weight is 284 g/mol. The monoisotopic (exact) mass is 284 g/mol. The molecule has 0 spiro atoms. The van der Waals surface area contributed by atoms with Gasteiger partial charge in [-0.25, -0.2) is 0 Å². The molecule has 5 heteroatoms. The maximum Gasteiger partial charge on any atom is 0.309 e. The molecule has 0 fully saturated rings. The number of thioether (sulfide) groups is 1. The number of hydrogen-bond acceptors (Lipinski definition) is 4. The molecule has 0 atom stereocenters. The molecule has 0 aliphatic heterocycles. The molecule has 0 radical (unpaired) electrons. The molecule has 0 unspecified atom stereocenters. The lowest BCUT2D eigenvalue weighted by Gasteiger charge is -2.22. The molecule has 0 aliphatic carbocycles. The van der Waals surface area contributed by atoms with Crippen LogP contribution in [0, 0.1) is 5.41 Å². The van der Waals surface area contributed by atoms with Gasteiger partial charge >= 0.3 is 5.97 Å². The van der Waals surface area contributed by atoms with E-state index in [2.05, 4.69) is 0 Å².